The summed E-state index contributed by atoms with van der Waals surface area (Å²) >= 11 is 0. The van der Waals surface area contributed by atoms with Gasteiger partial charge in [-0.25, -0.2) is 0 Å². The van der Waals surface area contributed by atoms with Crippen LogP contribution >= 0.6 is 0 Å². The largest absolute Gasteiger partial charge is 0.310 e. The molecule has 0 radical (unpaired) electrons. The number of rotatable bonds is 8. The van der Waals surface area contributed by atoms with Crippen LogP contribution in [0.1, 0.15) is 0 Å². The highest BCUT2D eigenvalue weighted by Crippen LogP contribution is 2.47. The van der Waals surface area contributed by atoms with Crippen LogP contribution in [-0.2, 0) is 0 Å². The molecular weight excluding hydrogens is 725 g/mol. The number of hydrogen-bond donors (Lipinski definition) is 0. The van der Waals surface area contributed by atoms with Gasteiger partial charge in [-0.05, 0) is 81.1 Å². The lowest BCUT2D eigenvalue weighted by Gasteiger charge is -2.29. The van der Waals surface area contributed by atoms with Crippen molar-refractivity contribution in [3.8, 4) is 50.2 Å². The molecule has 0 atom stereocenters. The molecule has 0 aliphatic carbocycles. The van der Waals surface area contributed by atoms with Crippen molar-refractivity contribution in [1.82, 2.24) is 4.57 Å². The van der Waals surface area contributed by atoms with Crippen molar-refractivity contribution in [2.75, 3.05) is 4.90 Å². The van der Waals surface area contributed by atoms with E-state index in [4.69, 9.17) is 0 Å². The van der Waals surface area contributed by atoms with Crippen LogP contribution in [0.4, 0.5) is 17.1 Å². The highest BCUT2D eigenvalue weighted by Gasteiger charge is 2.24. The molecule has 0 saturated carbocycles. The first-order chi connectivity index (χ1) is 29.8. The second kappa shape index (κ2) is 15.1. The van der Waals surface area contributed by atoms with E-state index in [2.05, 4.69) is 252 Å². The summed E-state index contributed by atoms with van der Waals surface area (Å²) < 4.78 is 2.49. The van der Waals surface area contributed by atoms with Crippen molar-refractivity contribution in [1.29, 1.82) is 0 Å². The van der Waals surface area contributed by atoms with E-state index in [1.165, 1.54) is 66.0 Å². The van der Waals surface area contributed by atoms with Crippen LogP contribution in [0.3, 0.4) is 0 Å². The molecular formula is C58H40N2. The molecule has 1 heterocycles. The van der Waals surface area contributed by atoms with Gasteiger partial charge < -0.3 is 9.47 Å². The summed E-state index contributed by atoms with van der Waals surface area (Å²) in [6.07, 6.45) is 0. The van der Waals surface area contributed by atoms with Crippen molar-refractivity contribution in [3.63, 3.8) is 0 Å². The van der Waals surface area contributed by atoms with Gasteiger partial charge in [-0.2, -0.15) is 0 Å². The third-order valence-corrected chi connectivity index (χ3v) is 11.8. The Balaban J connectivity index is 1.18. The summed E-state index contributed by atoms with van der Waals surface area (Å²) in [5, 5.41) is 4.95. The average Bonchev–Trinajstić information content (AvgIpc) is 3.66. The van der Waals surface area contributed by atoms with Gasteiger partial charge in [0, 0.05) is 38.8 Å². The zero-order valence-electron chi connectivity index (χ0n) is 33.0. The monoisotopic (exact) mass is 764 g/mol. The Morgan fingerprint density at radius 2 is 0.783 bits per heavy atom. The lowest BCUT2D eigenvalue weighted by atomic mass is 9.93. The van der Waals surface area contributed by atoms with E-state index in [0.29, 0.717) is 0 Å². The number of para-hydroxylation sites is 4. The number of fused-ring (bicyclic) bond motifs is 4. The van der Waals surface area contributed by atoms with Crippen molar-refractivity contribution < 1.29 is 0 Å². The van der Waals surface area contributed by atoms with Crippen LogP contribution in [-0.4, -0.2) is 4.57 Å². The van der Waals surface area contributed by atoms with Crippen LogP contribution in [0.15, 0.2) is 243 Å². The Morgan fingerprint density at radius 1 is 0.283 bits per heavy atom. The highest BCUT2D eigenvalue weighted by atomic mass is 15.1. The lowest BCUT2D eigenvalue weighted by Crippen LogP contribution is -2.12. The smallest absolute Gasteiger partial charge is 0.0619 e. The first-order valence-electron chi connectivity index (χ1n) is 20.6. The Hall–Kier alpha value is -7.94. The molecule has 282 valence electrons. The third kappa shape index (κ3) is 6.14. The van der Waals surface area contributed by atoms with Gasteiger partial charge in [0.2, 0.25) is 0 Å². The summed E-state index contributed by atoms with van der Waals surface area (Å²) in [4.78, 5) is 2.43. The third-order valence-electron chi connectivity index (χ3n) is 11.8. The molecule has 11 rings (SSSR count). The van der Waals surface area contributed by atoms with Gasteiger partial charge in [-0.15, -0.1) is 0 Å². The second-order valence-corrected chi connectivity index (χ2v) is 15.3. The lowest BCUT2D eigenvalue weighted by molar-refractivity contribution is 1.18. The molecule has 2 heteroatoms. The zero-order chi connectivity index (χ0) is 39.8. The van der Waals surface area contributed by atoms with Gasteiger partial charge in [0.25, 0.3) is 0 Å². The summed E-state index contributed by atoms with van der Waals surface area (Å²) in [6.45, 7) is 0. The predicted octanol–water partition coefficient (Wildman–Crippen LogP) is 16.1. The molecule has 0 unspecified atom stereocenters. The predicted molar refractivity (Wildman–Crippen MR) is 255 cm³/mol. The molecule has 11 aromatic rings. The van der Waals surface area contributed by atoms with Gasteiger partial charge in [-0.3, -0.25) is 0 Å². The van der Waals surface area contributed by atoms with E-state index < -0.39 is 0 Å². The minimum atomic E-state index is 1.08. The Morgan fingerprint density at radius 3 is 1.53 bits per heavy atom. The molecule has 0 bridgehead atoms. The molecule has 0 N–H and O–H groups in total. The van der Waals surface area contributed by atoms with Gasteiger partial charge in [0.15, 0.2) is 0 Å². The molecule has 1 aromatic heterocycles. The SMILES string of the molecule is c1ccc(-c2ccc(N(c3cccc(-c4cccc5ccccc45)c3)c3ccccc3-c3cccc(-c4ccccc4)c3-n3c4ccccc4c4ccccc43)cc2)cc1. The van der Waals surface area contributed by atoms with Gasteiger partial charge >= 0.3 is 0 Å². The van der Waals surface area contributed by atoms with Crippen LogP contribution in [0.5, 0.6) is 0 Å². The topological polar surface area (TPSA) is 8.17 Å². The summed E-state index contributed by atoms with van der Waals surface area (Å²) in [7, 11) is 0. The second-order valence-electron chi connectivity index (χ2n) is 15.3. The van der Waals surface area contributed by atoms with Gasteiger partial charge in [0.1, 0.15) is 0 Å². The Kier molecular flexibility index (Phi) is 8.87. The summed E-state index contributed by atoms with van der Waals surface area (Å²) in [5.74, 6) is 0. The molecule has 0 spiro atoms. The standard InChI is InChI=1S/C58H40N2/c1-3-18-41(19-4-1)42-36-38-46(39-37-42)59(47-25-15-24-45(40-47)49-30-16-23-43-22-7-8-26-48(43)49)55-33-12-11-29-53(55)54-32-17-31-50(44-20-5-2-6-21-44)58(54)60-56-34-13-9-27-51(56)52-28-10-14-35-57(52)60/h1-40H. The molecule has 60 heavy (non-hydrogen) atoms. The van der Waals surface area contributed by atoms with E-state index in [9.17, 15) is 0 Å². The minimum absolute atomic E-state index is 1.08. The maximum atomic E-state index is 2.49. The van der Waals surface area contributed by atoms with Crippen LogP contribution in [0, 0.1) is 0 Å². The normalized spacial score (nSPS) is 11.3. The van der Waals surface area contributed by atoms with Crippen molar-refractivity contribution in [2.24, 2.45) is 0 Å². The fraction of sp³-hybridized carbons (Fsp3) is 0. The van der Waals surface area contributed by atoms with E-state index in [1.807, 2.05) is 0 Å². The highest BCUT2D eigenvalue weighted by molar-refractivity contribution is 6.11. The number of nitrogens with zero attached hydrogens (tertiary/aromatic N) is 2. The van der Waals surface area contributed by atoms with E-state index in [1.54, 1.807) is 0 Å². The first-order valence-corrected chi connectivity index (χ1v) is 20.6. The maximum absolute atomic E-state index is 2.49. The Bertz CT molecular complexity index is 3250. The van der Waals surface area contributed by atoms with Crippen LogP contribution in [0.2, 0.25) is 0 Å². The number of hydrogen-bond acceptors (Lipinski definition) is 1. The van der Waals surface area contributed by atoms with Crippen LogP contribution < -0.4 is 4.90 Å². The molecule has 0 saturated heterocycles. The molecule has 0 aliphatic heterocycles. The number of anilines is 3. The average molecular weight is 765 g/mol. The molecule has 2 nitrogen and oxygen atoms in total. The fourth-order valence-corrected chi connectivity index (χ4v) is 9.06. The minimum Gasteiger partial charge on any atom is -0.310 e. The van der Waals surface area contributed by atoms with Gasteiger partial charge in [0.05, 0.1) is 22.4 Å². The zero-order valence-corrected chi connectivity index (χ0v) is 33.0. The molecule has 10 aromatic carbocycles. The summed E-state index contributed by atoms with van der Waals surface area (Å²) in [6, 6.07) is 88.0. The molecule has 0 aliphatic rings. The quantitative estimate of drug-likeness (QED) is 0.150. The Labute approximate surface area is 350 Å². The first kappa shape index (κ1) is 35.2. The number of benzene rings is 10. The van der Waals surface area contributed by atoms with Gasteiger partial charge in [-0.1, -0.05) is 200 Å². The van der Waals surface area contributed by atoms with E-state index in [-0.39, 0.29) is 0 Å². The fourth-order valence-electron chi connectivity index (χ4n) is 9.06. The maximum Gasteiger partial charge on any atom is 0.0619 e. The van der Waals surface area contributed by atoms with E-state index >= 15 is 0 Å². The van der Waals surface area contributed by atoms with Crippen molar-refractivity contribution in [2.45, 2.75) is 0 Å². The summed E-state index contributed by atoms with van der Waals surface area (Å²) in [5.41, 5.74) is 16.1. The van der Waals surface area contributed by atoms with E-state index in [0.717, 1.165) is 33.9 Å². The number of aromatic nitrogens is 1. The van der Waals surface area contributed by atoms with Crippen LogP contribution in [0.25, 0.3) is 82.8 Å². The van der Waals surface area contributed by atoms with Crippen molar-refractivity contribution >= 4 is 49.6 Å². The van der Waals surface area contributed by atoms with Crippen molar-refractivity contribution in [3.05, 3.63) is 243 Å². The molecule has 0 fully saturated rings. The molecule has 0 amide bonds.